The number of carbonyl (C=O) groups is 1. The number of nitrogens with one attached hydrogen (secondary N) is 1. The summed E-state index contributed by atoms with van der Waals surface area (Å²) in [5.41, 5.74) is 0. The second-order valence-electron chi connectivity index (χ2n) is 2.48. The highest BCUT2D eigenvalue weighted by atomic mass is 35.5. The number of amides is 1. The Labute approximate surface area is 85.7 Å². The first-order chi connectivity index (χ1) is 4.84. The van der Waals surface area contributed by atoms with Crippen molar-refractivity contribution in [2.75, 3.05) is 26.2 Å². The molecular weight excluding hydrogens is 199 g/mol. The highest BCUT2D eigenvalue weighted by Crippen LogP contribution is 1.95. The van der Waals surface area contributed by atoms with Crippen molar-refractivity contribution in [1.29, 1.82) is 0 Å². The molecule has 1 fully saturated rings. The van der Waals surface area contributed by atoms with E-state index >= 15 is 0 Å². The predicted octanol–water partition coefficient (Wildman–Crippen LogP) is 0.672. The van der Waals surface area contributed by atoms with Crippen LogP contribution in [0.15, 0.2) is 0 Å². The minimum Gasteiger partial charge on any atom is -0.340 e. The van der Waals surface area contributed by atoms with Crippen LogP contribution in [-0.4, -0.2) is 37.0 Å². The fraction of sp³-hybridized carbons (Fsp3) is 0.857. The van der Waals surface area contributed by atoms with Gasteiger partial charge in [0.1, 0.15) is 0 Å². The van der Waals surface area contributed by atoms with Gasteiger partial charge in [-0.2, -0.15) is 0 Å². The van der Waals surface area contributed by atoms with Crippen molar-refractivity contribution < 1.29 is 4.79 Å². The molecule has 0 radical (unpaired) electrons. The Hall–Kier alpha value is 0.01000. The number of hydrogen-bond acceptors (Lipinski definition) is 2. The standard InChI is InChI=1S/C7H14N2O.2ClH/c1-2-7(10)9-5-3-8-4-6-9;;/h8H,2-6H2,1H3;2*1H. The van der Waals surface area contributed by atoms with Crippen LogP contribution in [0.25, 0.3) is 0 Å². The molecule has 0 aromatic rings. The van der Waals surface area contributed by atoms with Gasteiger partial charge in [0.05, 0.1) is 0 Å². The van der Waals surface area contributed by atoms with Crippen LogP contribution in [0.4, 0.5) is 0 Å². The summed E-state index contributed by atoms with van der Waals surface area (Å²) in [6.07, 6.45) is 0.639. The van der Waals surface area contributed by atoms with Crippen molar-refractivity contribution in [3.8, 4) is 0 Å². The van der Waals surface area contributed by atoms with E-state index in [9.17, 15) is 4.79 Å². The van der Waals surface area contributed by atoms with Crippen LogP contribution in [0.2, 0.25) is 0 Å². The molecule has 0 aromatic heterocycles. The molecule has 0 aliphatic carbocycles. The van der Waals surface area contributed by atoms with Gasteiger partial charge < -0.3 is 10.2 Å². The molecule has 1 aliphatic heterocycles. The lowest BCUT2D eigenvalue weighted by Gasteiger charge is -2.26. The summed E-state index contributed by atoms with van der Waals surface area (Å²) in [6.45, 7) is 5.57. The second-order valence-corrected chi connectivity index (χ2v) is 2.48. The van der Waals surface area contributed by atoms with Crippen LogP contribution in [0, 0.1) is 0 Å². The smallest absolute Gasteiger partial charge is 0.222 e. The van der Waals surface area contributed by atoms with Crippen LogP contribution >= 0.6 is 24.8 Å². The van der Waals surface area contributed by atoms with E-state index in [-0.39, 0.29) is 30.7 Å². The lowest BCUT2D eigenvalue weighted by molar-refractivity contribution is -0.131. The van der Waals surface area contributed by atoms with Crippen LogP contribution in [-0.2, 0) is 4.79 Å². The molecule has 0 aromatic carbocycles. The maximum atomic E-state index is 11.1. The Morgan fingerprint density at radius 1 is 1.33 bits per heavy atom. The number of hydrogen-bond donors (Lipinski definition) is 1. The third-order valence-corrected chi connectivity index (χ3v) is 1.77. The maximum Gasteiger partial charge on any atom is 0.222 e. The Kier molecular flexibility index (Phi) is 9.26. The second kappa shape index (κ2) is 7.65. The van der Waals surface area contributed by atoms with E-state index in [1.807, 2.05) is 11.8 Å². The summed E-state index contributed by atoms with van der Waals surface area (Å²) in [7, 11) is 0. The molecule has 1 rings (SSSR count). The lowest BCUT2D eigenvalue weighted by atomic mass is 10.3. The quantitative estimate of drug-likeness (QED) is 0.697. The van der Waals surface area contributed by atoms with Crippen LogP contribution < -0.4 is 5.32 Å². The number of rotatable bonds is 1. The molecule has 1 amide bonds. The molecule has 0 unspecified atom stereocenters. The normalized spacial score (nSPS) is 15.9. The molecule has 1 heterocycles. The SMILES string of the molecule is CCC(=O)N1CCNCC1.Cl.Cl. The fourth-order valence-electron chi connectivity index (χ4n) is 1.14. The van der Waals surface area contributed by atoms with Crippen LogP contribution in [0.3, 0.4) is 0 Å². The summed E-state index contributed by atoms with van der Waals surface area (Å²) in [6, 6.07) is 0. The Bertz CT molecular complexity index is 127. The van der Waals surface area contributed by atoms with Crippen LogP contribution in [0.1, 0.15) is 13.3 Å². The fourth-order valence-corrected chi connectivity index (χ4v) is 1.14. The topological polar surface area (TPSA) is 32.3 Å². The average Bonchev–Trinajstić information content (AvgIpc) is 2.05. The van der Waals surface area contributed by atoms with Crippen molar-refractivity contribution in [1.82, 2.24) is 10.2 Å². The first-order valence-corrected chi connectivity index (χ1v) is 3.83. The zero-order valence-electron chi connectivity index (χ0n) is 7.21. The molecule has 74 valence electrons. The molecule has 12 heavy (non-hydrogen) atoms. The zero-order valence-corrected chi connectivity index (χ0v) is 8.84. The maximum absolute atomic E-state index is 11.1. The Morgan fingerprint density at radius 2 is 1.83 bits per heavy atom. The summed E-state index contributed by atoms with van der Waals surface area (Å²) in [4.78, 5) is 13.0. The van der Waals surface area contributed by atoms with E-state index in [1.54, 1.807) is 0 Å². The molecule has 0 bridgehead atoms. The van der Waals surface area contributed by atoms with Gasteiger partial charge in [0, 0.05) is 32.6 Å². The third kappa shape index (κ3) is 4.14. The van der Waals surface area contributed by atoms with E-state index in [4.69, 9.17) is 0 Å². The summed E-state index contributed by atoms with van der Waals surface area (Å²) in [5.74, 6) is 0.279. The minimum atomic E-state index is 0. The van der Waals surface area contributed by atoms with Crippen molar-refractivity contribution in [3.63, 3.8) is 0 Å². The molecule has 0 saturated carbocycles. The van der Waals surface area contributed by atoms with Crippen molar-refractivity contribution in [2.24, 2.45) is 0 Å². The van der Waals surface area contributed by atoms with Crippen molar-refractivity contribution >= 4 is 30.7 Å². The average molecular weight is 215 g/mol. The molecule has 5 heteroatoms. The van der Waals surface area contributed by atoms with Gasteiger partial charge in [-0.1, -0.05) is 6.92 Å². The van der Waals surface area contributed by atoms with Gasteiger partial charge in [-0.05, 0) is 0 Å². The van der Waals surface area contributed by atoms with Gasteiger partial charge >= 0.3 is 0 Å². The van der Waals surface area contributed by atoms with Gasteiger partial charge in [0.15, 0.2) is 0 Å². The minimum absolute atomic E-state index is 0. The van der Waals surface area contributed by atoms with Gasteiger partial charge in [-0.3, -0.25) is 4.79 Å². The Balaban J connectivity index is 0. The Morgan fingerprint density at radius 3 is 2.25 bits per heavy atom. The molecule has 1 N–H and O–H groups in total. The lowest BCUT2D eigenvalue weighted by Crippen LogP contribution is -2.46. The first kappa shape index (κ1) is 14.5. The summed E-state index contributed by atoms with van der Waals surface area (Å²) < 4.78 is 0. The van der Waals surface area contributed by atoms with E-state index in [2.05, 4.69) is 5.32 Å². The van der Waals surface area contributed by atoms with Gasteiger partial charge in [0.25, 0.3) is 0 Å². The van der Waals surface area contributed by atoms with Gasteiger partial charge in [0.2, 0.25) is 5.91 Å². The van der Waals surface area contributed by atoms with Gasteiger partial charge in [-0.15, -0.1) is 24.8 Å². The zero-order chi connectivity index (χ0) is 7.40. The van der Waals surface area contributed by atoms with E-state index in [1.165, 1.54) is 0 Å². The molecule has 0 spiro atoms. The summed E-state index contributed by atoms with van der Waals surface area (Å²) in [5, 5.41) is 3.20. The molecule has 1 aliphatic rings. The molecule has 1 saturated heterocycles. The number of piperazine rings is 1. The van der Waals surface area contributed by atoms with E-state index < -0.39 is 0 Å². The highest BCUT2D eigenvalue weighted by molar-refractivity contribution is 5.85. The molecule has 0 atom stereocenters. The van der Waals surface area contributed by atoms with E-state index in [0.29, 0.717) is 6.42 Å². The molecule has 3 nitrogen and oxygen atoms in total. The number of halogens is 2. The van der Waals surface area contributed by atoms with Crippen molar-refractivity contribution in [3.05, 3.63) is 0 Å². The van der Waals surface area contributed by atoms with Crippen molar-refractivity contribution in [2.45, 2.75) is 13.3 Å². The number of carbonyl (C=O) groups excluding carboxylic acids is 1. The first-order valence-electron chi connectivity index (χ1n) is 3.83. The van der Waals surface area contributed by atoms with Gasteiger partial charge in [-0.25, -0.2) is 0 Å². The van der Waals surface area contributed by atoms with E-state index in [0.717, 1.165) is 26.2 Å². The third-order valence-electron chi connectivity index (χ3n) is 1.77. The highest BCUT2D eigenvalue weighted by Gasteiger charge is 2.12. The van der Waals surface area contributed by atoms with Crippen LogP contribution in [0.5, 0.6) is 0 Å². The largest absolute Gasteiger partial charge is 0.340 e. The summed E-state index contributed by atoms with van der Waals surface area (Å²) >= 11 is 0. The number of nitrogens with zero attached hydrogens (tertiary/aromatic N) is 1. The monoisotopic (exact) mass is 214 g/mol. The molecular formula is C7H16Cl2N2O. The predicted molar refractivity (Wildman–Crippen MR) is 54.2 cm³/mol.